The summed E-state index contributed by atoms with van der Waals surface area (Å²) >= 11 is 0. The van der Waals surface area contributed by atoms with E-state index in [1.165, 1.54) is 33.0 Å². The standard InChI is InChI=1S/C48H37FN4/c1-48(2)38-24-23-31(46(49)30-14-13-15-32(26-30)47-51-40-19-8-10-22-43(40)52(47)3)27-36(38)45(41-20-11-12-25-50-41)37-29-44-35(28-39(37)48)34-18-7-9-21-42(34)53(44)33-16-5-4-6-17-33/h4-29,45-46H,1-3H3. The zero-order chi connectivity index (χ0) is 35.8. The van der Waals surface area contributed by atoms with Gasteiger partial charge in [0.05, 0.1) is 33.7 Å². The highest BCUT2D eigenvalue weighted by Gasteiger charge is 2.40. The number of benzene rings is 6. The average Bonchev–Trinajstić information content (AvgIpc) is 3.72. The van der Waals surface area contributed by atoms with E-state index in [0.717, 1.165) is 44.9 Å². The van der Waals surface area contributed by atoms with Gasteiger partial charge >= 0.3 is 0 Å². The first kappa shape index (κ1) is 31.4. The molecule has 0 radical (unpaired) electrons. The van der Waals surface area contributed by atoms with Crippen LogP contribution in [-0.2, 0) is 12.5 Å². The van der Waals surface area contributed by atoms with E-state index in [1.807, 2.05) is 67.8 Å². The molecule has 0 aliphatic heterocycles. The molecule has 9 aromatic rings. The Balaban J connectivity index is 1.15. The Bertz CT molecular complexity index is 2850. The van der Waals surface area contributed by atoms with E-state index in [-0.39, 0.29) is 11.3 Å². The molecular formula is C48H37FN4. The highest BCUT2D eigenvalue weighted by molar-refractivity contribution is 6.10. The van der Waals surface area contributed by atoms with Gasteiger partial charge in [0.1, 0.15) is 5.82 Å². The van der Waals surface area contributed by atoms with Gasteiger partial charge < -0.3 is 9.13 Å². The zero-order valence-electron chi connectivity index (χ0n) is 29.8. The van der Waals surface area contributed by atoms with Crippen molar-refractivity contribution in [3.8, 4) is 17.1 Å². The summed E-state index contributed by atoms with van der Waals surface area (Å²) in [5, 5.41) is 2.45. The number of fused-ring (bicyclic) bond motifs is 6. The number of imidazole rings is 1. The number of alkyl halides is 1. The van der Waals surface area contributed by atoms with Crippen LogP contribution < -0.4 is 0 Å². The number of aromatic nitrogens is 4. The van der Waals surface area contributed by atoms with Crippen LogP contribution in [0.15, 0.2) is 158 Å². The normalized spacial score (nSPS) is 15.4. The van der Waals surface area contributed by atoms with E-state index in [0.29, 0.717) is 11.1 Å². The first-order chi connectivity index (χ1) is 25.9. The van der Waals surface area contributed by atoms with Crippen LogP contribution in [0.25, 0.3) is 49.9 Å². The lowest BCUT2D eigenvalue weighted by atomic mass is 9.64. The van der Waals surface area contributed by atoms with Crippen LogP contribution in [-0.4, -0.2) is 19.1 Å². The van der Waals surface area contributed by atoms with Crippen molar-refractivity contribution in [3.05, 3.63) is 197 Å². The van der Waals surface area contributed by atoms with E-state index in [4.69, 9.17) is 9.97 Å². The lowest BCUT2D eigenvalue weighted by molar-refractivity contribution is 0.401. The van der Waals surface area contributed by atoms with Crippen molar-refractivity contribution in [2.45, 2.75) is 31.4 Å². The summed E-state index contributed by atoms with van der Waals surface area (Å²) in [6, 6.07) is 52.2. The van der Waals surface area contributed by atoms with Crippen molar-refractivity contribution in [1.29, 1.82) is 0 Å². The highest BCUT2D eigenvalue weighted by atomic mass is 19.1. The minimum Gasteiger partial charge on any atom is -0.327 e. The van der Waals surface area contributed by atoms with Crippen LogP contribution in [0, 0.1) is 0 Å². The third-order valence-corrected chi connectivity index (χ3v) is 11.4. The third kappa shape index (κ3) is 4.80. The Morgan fingerprint density at radius 1 is 0.623 bits per heavy atom. The van der Waals surface area contributed by atoms with Gasteiger partial charge in [-0.1, -0.05) is 105 Å². The van der Waals surface area contributed by atoms with E-state index in [2.05, 4.69) is 120 Å². The van der Waals surface area contributed by atoms with Crippen molar-refractivity contribution >= 4 is 32.8 Å². The maximum atomic E-state index is 17.0. The van der Waals surface area contributed by atoms with Gasteiger partial charge in [-0.25, -0.2) is 9.37 Å². The number of hydrogen-bond acceptors (Lipinski definition) is 2. The quantitative estimate of drug-likeness (QED) is 0.180. The fraction of sp³-hybridized carbons (Fsp3) is 0.125. The summed E-state index contributed by atoms with van der Waals surface area (Å²) in [6.07, 6.45) is 0.536. The van der Waals surface area contributed by atoms with Gasteiger partial charge in [0.15, 0.2) is 6.17 Å². The molecule has 0 N–H and O–H groups in total. The Morgan fingerprint density at radius 2 is 1.36 bits per heavy atom. The van der Waals surface area contributed by atoms with Crippen LogP contribution in [0.3, 0.4) is 0 Å². The summed E-state index contributed by atoms with van der Waals surface area (Å²) in [5.74, 6) is 0.637. The van der Waals surface area contributed by atoms with E-state index in [1.54, 1.807) is 0 Å². The molecule has 0 fully saturated rings. The maximum Gasteiger partial charge on any atom is 0.150 e. The minimum atomic E-state index is -1.33. The van der Waals surface area contributed by atoms with Gasteiger partial charge in [0.25, 0.3) is 0 Å². The molecule has 1 aliphatic carbocycles. The molecule has 3 heterocycles. The molecule has 10 rings (SSSR count). The van der Waals surface area contributed by atoms with Crippen molar-refractivity contribution < 1.29 is 4.39 Å². The molecule has 1 aliphatic rings. The van der Waals surface area contributed by atoms with Crippen molar-refractivity contribution in [2.75, 3.05) is 0 Å². The van der Waals surface area contributed by atoms with Gasteiger partial charge in [-0.05, 0) is 94.0 Å². The molecular weight excluding hydrogens is 652 g/mol. The molecule has 0 saturated heterocycles. The molecule has 0 amide bonds. The smallest absolute Gasteiger partial charge is 0.150 e. The molecule has 2 atom stereocenters. The molecule has 3 aromatic heterocycles. The second-order valence-corrected chi connectivity index (χ2v) is 14.8. The third-order valence-electron chi connectivity index (χ3n) is 11.4. The van der Waals surface area contributed by atoms with E-state index in [9.17, 15) is 0 Å². The Morgan fingerprint density at radius 3 is 2.17 bits per heavy atom. The number of nitrogens with zero attached hydrogens (tertiary/aromatic N) is 4. The molecule has 0 bridgehead atoms. The fourth-order valence-corrected chi connectivity index (χ4v) is 8.82. The largest absolute Gasteiger partial charge is 0.327 e. The second kappa shape index (κ2) is 11.9. The van der Waals surface area contributed by atoms with Gasteiger partial charge in [-0.2, -0.15) is 0 Å². The number of rotatable bonds is 5. The molecule has 4 nitrogen and oxygen atoms in total. The van der Waals surface area contributed by atoms with Crippen molar-refractivity contribution in [1.82, 2.24) is 19.1 Å². The molecule has 0 saturated carbocycles. The van der Waals surface area contributed by atoms with Crippen LogP contribution >= 0.6 is 0 Å². The highest BCUT2D eigenvalue weighted by Crippen LogP contribution is 2.51. The number of pyridine rings is 1. The SMILES string of the molecule is Cn1c(-c2cccc(C(F)c3ccc4c(c3)C(c3ccccn3)c3cc5c(cc3C4(C)C)c3ccccc3n5-c3ccccc3)c2)nc2ccccc21. The van der Waals surface area contributed by atoms with Crippen LogP contribution in [0.4, 0.5) is 4.39 Å². The zero-order valence-corrected chi connectivity index (χ0v) is 29.8. The number of para-hydroxylation sites is 4. The molecule has 6 aromatic carbocycles. The molecule has 5 heteroatoms. The fourth-order valence-electron chi connectivity index (χ4n) is 8.82. The maximum absolute atomic E-state index is 17.0. The van der Waals surface area contributed by atoms with Gasteiger partial charge in [-0.15, -0.1) is 0 Å². The molecule has 53 heavy (non-hydrogen) atoms. The van der Waals surface area contributed by atoms with Crippen LogP contribution in [0.2, 0.25) is 0 Å². The Hall–Kier alpha value is -6.33. The predicted octanol–water partition coefficient (Wildman–Crippen LogP) is 11.6. The minimum absolute atomic E-state index is 0.181. The van der Waals surface area contributed by atoms with Gasteiger partial charge in [0, 0.05) is 40.7 Å². The first-order valence-corrected chi connectivity index (χ1v) is 18.2. The van der Waals surface area contributed by atoms with Gasteiger partial charge in [0.2, 0.25) is 0 Å². The predicted molar refractivity (Wildman–Crippen MR) is 214 cm³/mol. The molecule has 2 unspecified atom stereocenters. The van der Waals surface area contributed by atoms with Gasteiger partial charge in [-0.3, -0.25) is 4.98 Å². The summed E-state index contributed by atoms with van der Waals surface area (Å²) in [5.41, 5.74) is 12.9. The second-order valence-electron chi connectivity index (χ2n) is 14.8. The lowest BCUT2D eigenvalue weighted by Gasteiger charge is -2.40. The molecule has 0 spiro atoms. The number of hydrogen-bond donors (Lipinski definition) is 0. The monoisotopic (exact) mass is 688 g/mol. The summed E-state index contributed by atoms with van der Waals surface area (Å²) in [7, 11) is 2.01. The summed E-state index contributed by atoms with van der Waals surface area (Å²) in [6.45, 7) is 4.60. The average molecular weight is 689 g/mol. The number of halogens is 1. The lowest BCUT2D eigenvalue weighted by Crippen LogP contribution is -2.30. The number of aryl methyl sites for hydroxylation is 1. The topological polar surface area (TPSA) is 35.6 Å². The van der Waals surface area contributed by atoms with Crippen molar-refractivity contribution in [3.63, 3.8) is 0 Å². The Kier molecular flexibility index (Phi) is 7.03. The Labute approximate surface area is 307 Å². The van der Waals surface area contributed by atoms with Crippen molar-refractivity contribution in [2.24, 2.45) is 7.05 Å². The van der Waals surface area contributed by atoms with E-state index < -0.39 is 6.17 Å². The molecule has 256 valence electrons. The summed E-state index contributed by atoms with van der Waals surface area (Å²) in [4.78, 5) is 9.83. The first-order valence-electron chi connectivity index (χ1n) is 18.2. The summed E-state index contributed by atoms with van der Waals surface area (Å²) < 4.78 is 21.4. The van der Waals surface area contributed by atoms with Crippen LogP contribution in [0.1, 0.15) is 65.0 Å². The van der Waals surface area contributed by atoms with Crippen LogP contribution in [0.5, 0.6) is 0 Å². The van der Waals surface area contributed by atoms with E-state index >= 15 is 4.39 Å².